The highest BCUT2D eigenvalue weighted by molar-refractivity contribution is 5.94. The van der Waals surface area contributed by atoms with Crippen molar-refractivity contribution < 1.29 is 9.53 Å². The number of benzene rings is 1. The lowest BCUT2D eigenvalue weighted by Crippen LogP contribution is -2.41. The van der Waals surface area contributed by atoms with Gasteiger partial charge in [-0.2, -0.15) is 5.26 Å². The number of ether oxygens (including phenoxy) is 1. The van der Waals surface area contributed by atoms with Crippen LogP contribution in [0.4, 0.5) is 5.82 Å². The average molecular weight is 426 g/mol. The number of morpholine rings is 1. The van der Waals surface area contributed by atoms with E-state index >= 15 is 0 Å². The number of carbonyl (C=O) groups is 1. The minimum atomic E-state index is -0.0844. The van der Waals surface area contributed by atoms with E-state index in [4.69, 9.17) is 14.7 Å². The molecule has 5 rings (SSSR count). The number of rotatable bonds is 3. The van der Waals surface area contributed by atoms with Crippen molar-refractivity contribution in [3.05, 3.63) is 71.2 Å². The van der Waals surface area contributed by atoms with E-state index in [9.17, 15) is 10.1 Å². The van der Waals surface area contributed by atoms with Gasteiger partial charge in [0.1, 0.15) is 5.82 Å². The van der Waals surface area contributed by atoms with Crippen LogP contribution in [-0.4, -0.2) is 58.6 Å². The summed E-state index contributed by atoms with van der Waals surface area (Å²) in [4.78, 5) is 31.1. The lowest BCUT2D eigenvalue weighted by atomic mass is 10.0. The molecular formula is C24H22N6O2. The van der Waals surface area contributed by atoms with E-state index < -0.39 is 0 Å². The summed E-state index contributed by atoms with van der Waals surface area (Å²) < 4.78 is 5.53. The molecule has 8 nitrogen and oxygen atoms in total. The molecule has 0 unspecified atom stereocenters. The summed E-state index contributed by atoms with van der Waals surface area (Å²) in [7, 11) is 0. The van der Waals surface area contributed by atoms with Gasteiger partial charge in [0.05, 0.1) is 37.1 Å². The summed E-state index contributed by atoms with van der Waals surface area (Å²) in [6, 6.07) is 12.8. The fourth-order valence-electron chi connectivity index (χ4n) is 4.14. The first-order chi connectivity index (χ1) is 15.7. The molecule has 1 fully saturated rings. The van der Waals surface area contributed by atoms with Gasteiger partial charge >= 0.3 is 0 Å². The van der Waals surface area contributed by atoms with E-state index in [1.165, 1.54) is 0 Å². The number of pyridine rings is 1. The van der Waals surface area contributed by atoms with Crippen LogP contribution >= 0.6 is 0 Å². The number of hydrogen-bond acceptors (Lipinski definition) is 7. The summed E-state index contributed by atoms with van der Waals surface area (Å²) in [5.74, 6) is 1.46. The molecule has 0 aliphatic carbocycles. The smallest absolute Gasteiger partial charge is 0.254 e. The van der Waals surface area contributed by atoms with Gasteiger partial charge in [-0.3, -0.25) is 9.78 Å². The zero-order valence-electron chi connectivity index (χ0n) is 17.6. The van der Waals surface area contributed by atoms with Crippen LogP contribution in [0.15, 0.2) is 48.8 Å². The van der Waals surface area contributed by atoms with Crippen molar-refractivity contribution in [1.82, 2.24) is 19.9 Å². The maximum Gasteiger partial charge on any atom is 0.254 e. The van der Waals surface area contributed by atoms with Crippen LogP contribution in [0, 0.1) is 11.3 Å². The Morgan fingerprint density at radius 3 is 2.66 bits per heavy atom. The van der Waals surface area contributed by atoms with Gasteiger partial charge in [-0.25, -0.2) is 9.97 Å². The summed E-state index contributed by atoms with van der Waals surface area (Å²) in [6.07, 6.45) is 4.13. The van der Waals surface area contributed by atoms with Crippen molar-refractivity contribution in [2.75, 3.05) is 37.7 Å². The highest BCUT2D eigenvalue weighted by Crippen LogP contribution is 2.30. The number of nitrogens with zero attached hydrogens (tertiary/aromatic N) is 6. The van der Waals surface area contributed by atoms with E-state index in [0.717, 1.165) is 35.7 Å². The van der Waals surface area contributed by atoms with Gasteiger partial charge in [-0.05, 0) is 30.3 Å². The number of fused-ring (bicyclic) bond motifs is 1. The van der Waals surface area contributed by atoms with Crippen molar-refractivity contribution in [2.24, 2.45) is 0 Å². The topological polar surface area (TPSA) is 95.2 Å². The zero-order valence-corrected chi connectivity index (χ0v) is 17.6. The first kappa shape index (κ1) is 20.1. The number of nitriles is 1. The second-order valence-electron chi connectivity index (χ2n) is 7.80. The fraction of sp³-hybridized carbons (Fsp3) is 0.292. The van der Waals surface area contributed by atoms with Crippen LogP contribution in [0.3, 0.4) is 0 Å². The summed E-state index contributed by atoms with van der Waals surface area (Å²) in [6.45, 7) is 3.79. The van der Waals surface area contributed by atoms with E-state index in [1.54, 1.807) is 36.7 Å². The fourth-order valence-corrected chi connectivity index (χ4v) is 4.14. The van der Waals surface area contributed by atoms with Gasteiger partial charge in [0.25, 0.3) is 5.91 Å². The van der Waals surface area contributed by atoms with Gasteiger partial charge < -0.3 is 14.5 Å². The molecule has 8 heteroatoms. The molecule has 3 aromatic rings. The first-order valence-corrected chi connectivity index (χ1v) is 10.7. The second-order valence-corrected chi connectivity index (χ2v) is 7.80. The Morgan fingerprint density at radius 2 is 1.88 bits per heavy atom. The minimum absolute atomic E-state index is 0.0844. The number of aromatic nitrogens is 3. The summed E-state index contributed by atoms with van der Waals surface area (Å²) >= 11 is 0. The Kier molecular flexibility index (Phi) is 5.48. The number of anilines is 1. The molecule has 1 amide bonds. The van der Waals surface area contributed by atoms with Crippen LogP contribution in [0.5, 0.6) is 0 Å². The molecule has 4 heterocycles. The standard InChI is InChI=1S/C24H22N6O2/c25-15-17-2-1-3-19(14-17)24(31)30-9-6-21-20(16-30)23(29-10-12-32-13-11-29)28-22(27-21)18-4-7-26-8-5-18/h1-5,7-8,14H,6,9-13,16H2. The Balaban J connectivity index is 1.51. The molecule has 0 radical (unpaired) electrons. The Bertz CT molecular complexity index is 1180. The molecule has 2 aliphatic heterocycles. The van der Waals surface area contributed by atoms with Gasteiger partial charge in [-0.1, -0.05) is 6.07 Å². The summed E-state index contributed by atoms with van der Waals surface area (Å²) in [5, 5.41) is 9.17. The van der Waals surface area contributed by atoms with Crippen molar-refractivity contribution >= 4 is 11.7 Å². The van der Waals surface area contributed by atoms with Crippen molar-refractivity contribution in [3.63, 3.8) is 0 Å². The van der Waals surface area contributed by atoms with Gasteiger partial charge in [-0.15, -0.1) is 0 Å². The summed E-state index contributed by atoms with van der Waals surface area (Å²) in [5.41, 5.74) is 3.88. The van der Waals surface area contributed by atoms with Crippen LogP contribution in [0.2, 0.25) is 0 Å². The number of carbonyl (C=O) groups excluding carboxylic acids is 1. The molecule has 0 N–H and O–H groups in total. The minimum Gasteiger partial charge on any atom is -0.378 e. The third-order valence-electron chi connectivity index (χ3n) is 5.81. The number of amides is 1. The predicted molar refractivity (Wildman–Crippen MR) is 118 cm³/mol. The van der Waals surface area contributed by atoms with Crippen LogP contribution < -0.4 is 4.90 Å². The predicted octanol–water partition coefficient (Wildman–Crippen LogP) is 2.45. The van der Waals surface area contributed by atoms with Crippen molar-refractivity contribution in [1.29, 1.82) is 5.26 Å². The molecule has 0 atom stereocenters. The zero-order chi connectivity index (χ0) is 21.9. The van der Waals surface area contributed by atoms with Crippen molar-refractivity contribution in [3.8, 4) is 17.5 Å². The molecule has 1 aromatic carbocycles. The highest BCUT2D eigenvalue weighted by atomic mass is 16.5. The molecule has 0 saturated carbocycles. The van der Waals surface area contributed by atoms with Crippen LogP contribution in [0.1, 0.15) is 27.2 Å². The third kappa shape index (κ3) is 3.90. The monoisotopic (exact) mass is 426 g/mol. The van der Waals surface area contributed by atoms with E-state index in [0.29, 0.717) is 49.7 Å². The van der Waals surface area contributed by atoms with Crippen molar-refractivity contribution in [2.45, 2.75) is 13.0 Å². The first-order valence-electron chi connectivity index (χ1n) is 10.7. The molecule has 32 heavy (non-hydrogen) atoms. The second kappa shape index (κ2) is 8.73. The van der Waals surface area contributed by atoms with Gasteiger partial charge in [0, 0.05) is 55.1 Å². The Morgan fingerprint density at radius 1 is 1.06 bits per heavy atom. The van der Waals surface area contributed by atoms with Crippen LogP contribution in [0.25, 0.3) is 11.4 Å². The highest BCUT2D eigenvalue weighted by Gasteiger charge is 2.29. The largest absolute Gasteiger partial charge is 0.378 e. The average Bonchev–Trinajstić information content (AvgIpc) is 2.88. The molecule has 160 valence electrons. The maximum atomic E-state index is 13.2. The van der Waals surface area contributed by atoms with Crippen LogP contribution in [-0.2, 0) is 17.7 Å². The SMILES string of the molecule is N#Cc1cccc(C(=O)N2CCc3nc(-c4ccncc4)nc(N4CCOCC4)c3C2)c1. The Hall–Kier alpha value is -3.83. The number of hydrogen-bond donors (Lipinski definition) is 0. The lowest BCUT2D eigenvalue weighted by molar-refractivity contribution is 0.0733. The third-order valence-corrected chi connectivity index (χ3v) is 5.81. The maximum absolute atomic E-state index is 13.2. The quantitative estimate of drug-likeness (QED) is 0.635. The molecule has 0 bridgehead atoms. The Labute approximate surface area is 186 Å². The van der Waals surface area contributed by atoms with Gasteiger partial charge in [0.2, 0.25) is 0 Å². The molecule has 0 spiro atoms. The molecule has 1 saturated heterocycles. The van der Waals surface area contributed by atoms with E-state index in [-0.39, 0.29) is 5.91 Å². The normalized spacial score (nSPS) is 15.7. The molecule has 2 aliphatic rings. The molecule has 2 aromatic heterocycles. The van der Waals surface area contributed by atoms with E-state index in [2.05, 4.69) is 16.0 Å². The lowest BCUT2D eigenvalue weighted by Gasteiger charge is -2.34. The molecular weight excluding hydrogens is 404 g/mol. The van der Waals surface area contributed by atoms with Gasteiger partial charge in [0.15, 0.2) is 5.82 Å². The van der Waals surface area contributed by atoms with E-state index in [1.807, 2.05) is 17.0 Å².